The summed E-state index contributed by atoms with van der Waals surface area (Å²) in [5.74, 6) is -0.243. The Kier molecular flexibility index (Phi) is 47.9. The molecule has 0 radical (unpaired) electrons. The minimum Gasteiger partial charge on any atom is -0.394 e. The van der Waals surface area contributed by atoms with Crippen LogP contribution >= 0.6 is 0 Å². The molecule has 0 bridgehead atoms. The van der Waals surface area contributed by atoms with Crippen LogP contribution in [0.15, 0.2) is 60.8 Å². The monoisotopic (exact) mass is 1280 g/mol. The highest BCUT2D eigenvalue weighted by molar-refractivity contribution is 5.76. The van der Waals surface area contributed by atoms with Gasteiger partial charge in [0.2, 0.25) is 5.91 Å². The van der Waals surface area contributed by atoms with Gasteiger partial charge in [-0.2, -0.15) is 0 Å². The first-order valence-electron chi connectivity index (χ1n) is 35.5. The van der Waals surface area contributed by atoms with E-state index in [1.807, 2.05) is 0 Å². The summed E-state index contributed by atoms with van der Waals surface area (Å²) in [6, 6.07) is -0.888. The van der Waals surface area contributed by atoms with Crippen LogP contribution in [0.1, 0.15) is 251 Å². The molecule has 524 valence electrons. The van der Waals surface area contributed by atoms with Crippen molar-refractivity contribution in [2.24, 2.45) is 0 Å². The molecule has 3 saturated heterocycles. The molecule has 0 aromatic carbocycles. The third-order valence-electron chi connectivity index (χ3n) is 17.6. The van der Waals surface area contributed by atoms with Gasteiger partial charge in [0, 0.05) is 6.42 Å². The molecule has 17 atom stereocenters. The minimum atomic E-state index is -1.97. The lowest BCUT2D eigenvalue weighted by atomic mass is 9.96. The third-order valence-corrected chi connectivity index (χ3v) is 17.6. The standard InChI is InChI=1S/C71H127NO18/c1-3-5-7-9-11-13-15-17-19-20-21-22-23-24-25-26-27-28-29-30-31-32-33-34-35-37-39-41-43-45-47-49-59(77)72-54(55(76)48-46-44-42-40-38-36-18-16-14-12-10-8-6-4-2)53-85-69-65(83)62(80)67(57(51-74)87-69)90-71-66(84)63(81)68(58(52-75)88-71)89-70-64(82)61(79)60(78)56(50-73)86-70/h5,7,11,13,17,19,21-22,24-25,54-58,60-71,73-76,78-84H,3-4,6,8-10,12,14-16,18,20,23,26-53H2,1-2H3,(H,72,77)/b7-5-,13-11-,19-17-,22-21-,25-24-. The number of carbonyl (C=O) groups excluding carboxylic acids is 1. The second kappa shape index (κ2) is 52.7. The van der Waals surface area contributed by atoms with Crippen LogP contribution in [-0.4, -0.2) is 193 Å². The molecule has 19 heteroatoms. The van der Waals surface area contributed by atoms with Crippen molar-refractivity contribution >= 4 is 5.91 Å². The van der Waals surface area contributed by atoms with Gasteiger partial charge >= 0.3 is 0 Å². The van der Waals surface area contributed by atoms with Gasteiger partial charge in [-0.15, -0.1) is 0 Å². The summed E-state index contributed by atoms with van der Waals surface area (Å²) < 4.78 is 34.4. The van der Waals surface area contributed by atoms with E-state index in [9.17, 15) is 61.0 Å². The van der Waals surface area contributed by atoms with Gasteiger partial charge in [0.15, 0.2) is 18.9 Å². The van der Waals surface area contributed by atoms with E-state index >= 15 is 0 Å². The second-order valence-corrected chi connectivity index (χ2v) is 25.3. The number of rotatable bonds is 54. The molecule has 0 spiro atoms. The Morgan fingerprint density at radius 3 is 1.20 bits per heavy atom. The van der Waals surface area contributed by atoms with E-state index in [1.54, 1.807) is 0 Å². The maximum absolute atomic E-state index is 13.4. The number of allylic oxidation sites excluding steroid dienone is 10. The Morgan fingerprint density at radius 1 is 0.411 bits per heavy atom. The van der Waals surface area contributed by atoms with E-state index in [0.29, 0.717) is 12.8 Å². The van der Waals surface area contributed by atoms with Gasteiger partial charge in [-0.3, -0.25) is 4.79 Å². The van der Waals surface area contributed by atoms with Crippen molar-refractivity contribution in [1.29, 1.82) is 0 Å². The van der Waals surface area contributed by atoms with Crippen molar-refractivity contribution in [3.63, 3.8) is 0 Å². The molecule has 3 heterocycles. The Labute approximate surface area is 541 Å². The number of unbranched alkanes of at least 4 members (excludes halogenated alkanes) is 28. The van der Waals surface area contributed by atoms with Gasteiger partial charge in [-0.1, -0.05) is 248 Å². The zero-order valence-electron chi connectivity index (χ0n) is 55.4. The highest BCUT2D eigenvalue weighted by Gasteiger charge is 2.53. The predicted molar refractivity (Wildman–Crippen MR) is 351 cm³/mol. The fraction of sp³-hybridized carbons (Fsp3) is 0.845. The molecule has 0 aromatic heterocycles. The van der Waals surface area contributed by atoms with Crippen molar-refractivity contribution in [2.75, 3.05) is 26.4 Å². The number of hydrogen-bond acceptors (Lipinski definition) is 18. The van der Waals surface area contributed by atoms with Gasteiger partial charge in [-0.05, 0) is 57.8 Å². The number of carbonyl (C=O) groups is 1. The van der Waals surface area contributed by atoms with Gasteiger partial charge in [0.25, 0.3) is 0 Å². The smallest absolute Gasteiger partial charge is 0.220 e. The summed E-state index contributed by atoms with van der Waals surface area (Å²) in [7, 11) is 0. The van der Waals surface area contributed by atoms with Crippen LogP contribution in [0.4, 0.5) is 0 Å². The van der Waals surface area contributed by atoms with Crippen LogP contribution in [-0.2, 0) is 33.2 Å². The molecular formula is C71H127NO18. The van der Waals surface area contributed by atoms with E-state index in [1.165, 1.54) is 141 Å². The molecule has 1 amide bonds. The molecule has 0 saturated carbocycles. The second-order valence-electron chi connectivity index (χ2n) is 25.3. The number of aliphatic hydroxyl groups excluding tert-OH is 11. The number of aliphatic hydroxyl groups is 11. The molecule has 3 fully saturated rings. The fourth-order valence-electron chi connectivity index (χ4n) is 11.9. The first kappa shape index (κ1) is 81.7. The molecule has 0 aliphatic carbocycles. The number of nitrogens with one attached hydrogen (secondary N) is 1. The van der Waals surface area contributed by atoms with Crippen molar-refractivity contribution < 1.29 is 89.4 Å². The van der Waals surface area contributed by atoms with Crippen LogP contribution < -0.4 is 5.32 Å². The van der Waals surface area contributed by atoms with Crippen molar-refractivity contribution in [3.8, 4) is 0 Å². The topological polar surface area (TPSA) is 307 Å². The van der Waals surface area contributed by atoms with Crippen LogP contribution in [0.25, 0.3) is 0 Å². The maximum Gasteiger partial charge on any atom is 0.220 e. The van der Waals surface area contributed by atoms with E-state index < -0.39 is 124 Å². The van der Waals surface area contributed by atoms with Gasteiger partial charge in [-0.25, -0.2) is 0 Å². The zero-order valence-corrected chi connectivity index (χ0v) is 55.4. The molecular weight excluding hydrogens is 1150 g/mol. The van der Waals surface area contributed by atoms with E-state index in [4.69, 9.17) is 28.4 Å². The number of amides is 1. The molecule has 19 nitrogen and oxygen atoms in total. The molecule has 3 aliphatic rings. The lowest BCUT2D eigenvalue weighted by Gasteiger charge is -2.48. The normalized spacial score (nSPS) is 28.4. The molecule has 0 aromatic rings. The summed E-state index contributed by atoms with van der Waals surface area (Å²) in [5, 5.41) is 121. The molecule has 90 heavy (non-hydrogen) atoms. The van der Waals surface area contributed by atoms with Gasteiger partial charge in [0.05, 0.1) is 38.6 Å². The van der Waals surface area contributed by atoms with Crippen molar-refractivity contribution in [2.45, 2.75) is 356 Å². The van der Waals surface area contributed by atoms with Gasteiger partial charge in [0.1, 0.15) is 73.2 Å². The lowest BCUT2D eigenvalue weighted by molar-refractivity contribution is -0.379. The SMILES string of the molecule is CC/C=C\C/C=C\C/C=C\C/C=C\C/C=C\CCCCCCCCCCCCCCCCCC(=O)NC(COC1OC(CO)C(OC2OC(CO)C(OC3OC(CO)C(O)C(O)C3O)C(O)C2O)C(O)C1O)C(O)CCCCCCCCCCCCCCCC. The summed E-state index contributed by atoms with van der Waals surface area (Å²) in [4.78, 5) is 13.4. The lowest BCUT2D eigenvalue weighted by Crippen LogP contribution is -2.66. The third kappa shape index (κ3) is 34.2. The first-order chi connectivity index (χ1) is 43.8. The summed E-state index contributed by atoms with van der Waals surface area (Å²) in [6.45, 7) is 1.69. The van der Waals surface area contributed by atoms with E-state index in [0.717, 1.165) is 77.0 Å². The van der Waals surface area contributed by atoms with Gasteiger partial charge < -0.3 is 89.9 Å². The van der Waals surface area contributed by atoms with Crippen LogP contribution in [0.5, 0.6) is 0 Å². The van der Waals surface area contributed by atoms with Crippen LogP contribution in [0.3, 0.4) is 0 Å². The summed E-state index contributed by atoms with van der Waals surface area (Å²) >= 11 is 0. The Hall–Kier alpha value is -2.51. The summed E-state index contributed by atoms with van der Waals surface area (Å²) in [5.41, 5.74) is 0. The highest BCUT2D eigenvalue weighted by atomic mass is 16.8. The van der Waals surface area contributed by atoms with E-state index in [-0.39, 0.29) is 18.9 Å². The van der Waals surface area contributed by atoms with Crippen molar-refractivity contribution in [1.82, 2.24) is 5.32 Å². The maximum atomic E-state index is 13.4. The fourth-order valence-corrected chi connectivity index (χ4v) is 11.9. The molecule has 12 N–H and O–H groups in total. The van der Waals surface area contributed by atoms with Crippen LogP contribution in [0, 0.1) is 0 Å². The highest BCUT2D eigenvalue weighted by Crippen LogP contribution is 2.33. The van der Waals surface area contributed by atoms with E-state index in [2.05, 4.69) is 79.9 Å². The van der Waals surface area contributed by atoms with Crippen LogP contribution in [0.2, 0.25) is 0 Å². The summed E-state index contributed by atoms with van der Waals surface area (Å²) in [6.07, 6.45) is 37.3. The zero-order chi connectivity index (χ0) is 65.4. The largest absolute Gasteiger partial charge is 0.394 e. The quantitative estimate of drug-likeness (QED) is 0.0199. The molecule has 3 aliphatic heterocycles. The number of ether oxygens (including phenoxy) is 6. The Bertz CT molecular complexity index is 1870. The molecule has 17 unspecified atom stereocenters. The minimum absolute atomic E-state index is 0.243. The molecule has 3 rings (SSSR count). The Balaban J connectivity index is 1.37. The average Bonchev–Trinajstić information content (AvgIpc) is 0.908. The number of hydrogen-bond donors (Lipinski definition) is 12. The first-order valence-corrected chi connectivity index (χ1v) is 35.5. The predicted octanol–water partition coefficient (Wildman–Crippen LogP) is 9.55. The average molecular weight is 1280 g/mol. The Morgan fingerprint density at radius 2 is 0.767 bits per heavy atom. The van der Waals surface area contributed by atoms with Crippen molar-refractivity contribution in [3.05, 3.63) is 60.8 Å².